The lowest BCUT2D eigenvalue weighted by Gasteiger charge is -2.07. The van der Waals surface area contributed by atoms with E-state index in [0.29, 0.717) is 18.0 Å². The van der Waals surface area contributed by atoms with Gasteiger partial charge in [-0.25, -0.2) is 0 Å². The maximum atomic E-state index is 12.4. The van der Waals surface area contributed by atoms with Crippen LogP contribution in [0.4, 0.5) is 5.69 Å². The quantitative estimate of drug-likeness (QED) is 0.704. The third kappa shape index (κ3) is 3.60. The Morgan fingerprint density at radius 1 is 1.28 bits per heavy atom. The molecule has 130 valence electrons. The predicted molar refractivity (Wildman–Crippen MR) is 88.9 cm³/mol. The van der Waals surface area contributed by atoms with Gasteiger partial charge in [0.2, 0.25) is 0 Å². The fraction of sp³-hybridized carbons (Fsp3) is 0.250. The first kappa shape index (κ1) is 16.5. The number of aromatic nitrogens is 4. The normalized spacial score (nSPS) is 10.6. The summed E-state index contributed by atoms with van der Waals surface area (Å²) in [5.74, 6) is -0.141. The number of furan rings is 1. The second-order valence-electron chi connectivity index (χ2n) is 5.30. The van der Waals surface area contributed by atoms with Gasteiger partial charge < -0.3 is 15.1 Å². The van der Waals surface area contributed by atoms with E-state index >= 15 is 0 Å². The summed E-state index contributed by atoms with van der Waals surface area (Å²) in [4.78, 5) is 24.7. The third-order valence-corrected chi connectivity index (χ3v) is 3.60. The molecule has 0 spiro atoms. The van der Waals surface area contributed by atoms with Gasteiger partial charge in [-0.3, -0.25) is 19.0 Å². The number of rotatable bonds is 6. The van der Waals surface area contributed by atoms with Crippen molar-refractivity contribution in [2.45, 2.75) is 20.0 Å². The van der Waals surface area contributed by atoms with Crippen LogP contribution in [0.5, 0.6) is 0 Å². The molecule has 3 rings (SSSR count). The van der Waals surface area contributed by atoms with Crippen LogP contribution in [0.15, 0.2) is 41.3 Å². The Kier molecular flexibility index (Phi) is 4.64. The number of hydrogen-bond donors (Lipinski definition) is 2. The van der Waals surface area contributed by atoms with Gasteiger partial charge in [-0.2, -0.15) is 10.2 Å². The molecule has 0 aromatic carbocycles. The summed E-state index contributed by atoms with van der Waals surface area (Å²) in [5, 5.41) is 13.6. The highest BCUT2D eigenvalue weighted by molar-refractivity contribution is 6.07. The average molecular weight is 342 g/mol. The van der Waals surface area contributed by atoms with Crippen LogP contribution in [0.3, 0.4) is 0 Å². The predicted octanol–water partition coefficient (Wildman–Crippen LogP) is 1.41. The molecular weight excluding hydrogens is 324 g/mol. The summed E-state index contributed by atoms with van der Waals surface area (Å²) in [6.07, 6.45) is 4.68. The van der Waals surface area contributed by atoms with Crippen LogP contribution >= 0.6 is 0 Å². The fourth-order valence-corrected chi connectivity index (χ4v) is 2.31. The molecule has 9 heteroatoms. The van der Waals surface area contributed by atoms with Gasteiger partial charge in [-0.1, -0.05) is 0 Å². The summed E-state index contributed by atoms with van der Waals surface area (Å²) >= 11 is 0. The van der Waals surface area contributed by atoms with Crippen LogP contribution < -0.4 is 10.6 Å². The maximum absolute atomic E-state index is 12.4. The van der Waals surface area contributed by atoms with Gasteiger partial charge in [0.1, 0.15) is 11.5 Å². The minimum atomic E-state index is -0.403. The Balaban J connectivity index is 1.72. The largest absolute Gasteiger partial charge is 0.467 e. The van der Waals surface area contributed by atoms with Crippen molar-refractivity contribution in [2.75, 3.05) is 5.32 Å². The monoisotopic (exact) mass is 342 g/mol. The van der Waals surface area contributed by atoms with Crippen molar-refractivity contribution in [1.29, 1.82) is 0 Å². The molecule has 0 saturated heterocycles. The van der Waals surface area contributed by atoms with E-state index in [9.17, 15) is 9.59 Å². The number of nitrogens with one attached hydrogen (secondary N) is 2. The lowest BCUT2D eigenvalue weighted by atomic mass is 10.3. The summed E-state index contributed by atoms with van der Waals surface area (Å²) in [5.41, 5.74) is 0.831. The van der Waals surface area contributed by atoms with E-state index in [-0.39, 0.29) is 23.8 Å². The van der Waals surface area contributed by atoms with Crippen molar-refractivity contribution < 1.29 is 14.0 Å². The molecule has 3 heterocycles. The minimum absolute atomic E-state index is 0.241. The van der Waals surface area contributed by atoms with Gasteiger partial charge in [0.25, 0.3) is 11.8 Å². The molecule has 0 atom stereocenters. The molecule has 0 radical (unpaired) electrons. The topological polar surface area (TPSA) is 107 Å². The van der Waals surface area contributed by atoms with Crippen LogP contribution in [-0.2, 0) is 20.1 Å². The number of carbonyl (C=O) groups is 2. The molecule has 2 amide bonds. The second kappa shape index (κ2) is 7.04. The average Bonchev–Trinajstić information content (AvgIpc) is 3.34. The molecule has 3 aromatic heterocycles. The second-order valence-corrected chi connectivity index (χ2v) is 5.30. The summed E-state index contributed by atoms with van der Waals surface area (Å²) in [7, 11) is 1.63. The molecule has 3 aromatic rings. The molecule has 0 bridgehead atoms. The van der Waals surface area contributed by atoms with E-state index in [2.05, 4.69) is 20.8 Å². The number of amides is 2. The summed E-state index contributed by atoms with van der Waals surface area (Å²) in [6, 6.07) is 5.12. The Bertz CT molecular complexity index is 878. The van der Waals surface area contributed by atoms with Crippen LogP contribution in [0.25, 0.3) is 0 Å². The number of carbonyl (C=O) groups excluding carboxylic acids is 2. The van der Waals surface area contributed by atoms with Crippen molar-refractivity contribution in [3.8, 4) is 0 Å². The van der Waals surface area contributed by atoms with E-state index in [1.807, 2.05) is 6.92 Å². The molecule has 9 nitrogen and oxygen atoms in total. The number of nitrogens with zero attached hydrogens (tertiary/aromatic N) is 4. The Hall–Kier alpha value is -3.36. The Labute approximate surface area is 143 Å². The van der Waals surface area contributed by atoms with Crippen molar-refractivity contribution in [3.63, 3.8) is 0 Å². The first-order valence-electron chi connectivity index (χ1n) is 7.76. The minimum Gasteiger partial charge on any atom is -0.467 e. The van der Waals surface area contributed by atoms with E-state index in [1.165, 1.54) is 17.1 Å². The standard InChI is InChI=1S/C16H18N6O3/c1-3-22-7-6-12(20-22)15(23)19-13-10-18-21(2)14(13)16(24)17-9-11-5-4-8-25-11/h4-8,10H,3,9H2,1-2H3,(H,17,24)(H,19,23). The smallest absolute Gasteiger partial charge is 0.276 e. The Morgan fingerprint density at radius 2 is 2.12 bits per heavy atom. The van der Waals surface area contributed by atoms with Gasteiger partial charge in [-0.15, -0.1) is 0 Å². The maximum Gasteiger partial charge on any atom is 0.276 e. The molecule has 2 N–H and O–H groups in total. The van der Waals surface area contributed by atoms with Crippen molar-refractivity contribution in [3.05, 3.63) is 54.0 Å². The summed E-state index contributed by atoms with van der Waals surface area (Å²) < 4.78 is 8.23. The molecule has 0 unspecified atom stereocenters. The van der Waals surface area contributed by atoms with Gasteiger partial charge in [-0.05, 0) is 25.1 Å². The molecule has 0 saturated carbocycles. The molecule has 0 aliphatic rings. The first-order chi connectivity index (χ1) is 12.1. The van der Waals surface area contributed by atoms with E-state index in [4.69, 9.17) is 4.42 Å². The van der Waals surface area contributed by atoms with Gasteiger partial charge >= 0.3 is 0 Å². The zero-order valence-electron chi connectivity index (χ0n) is 13.9. The van der Waals surface area contributed by atoms with E-state index in [0.717, 1.165) is 0 Å². The van der Waals surface area contributed by atoms with Gasteiger partial charge in [0.15, 0.2) is 5.69 Å². The highest BCUT2D eigenvalue weighted by atomic mass is 16.3. The van der Waals surface area contributed by atoms with Crippen molar-refractivity contribution in [1.82, 2.24) is 24.9 Å². The van der Waals surface area contributed by atoms with Crippen LogP contribution in [0, 0.1) is 0 Å². The van der Waals surface area contributed by atoms with Crippen molar-refractivity contribution >= 4 is 17.5 Å². The van der Waals surface area contributed by atoms with Crippen molar-refractivity contribution in [2.24, 2.45) is 7.05 Å². The zero-order valence-corrected chi connectivity index (χ0v) is 13.9. The highest BCUT2D eigenvalue weighted by Crippen LogP contribution is 2.15. The lowest BCUT2D eigenvalue weighted by Crippen LogP contribution is -2.26. The zero-order chi connectivity index (χ0) is 17.8. The van der Waals surface area contributed by atoms with Crippen LogP contribution in [0.1, 0.15) is 33.7 Å². The number of anilines is 1. The van der Waals surface area contributed by atoms with E-state index < -0.39 is 5.91 Å². The van der Waals surface area contributed by atoms with Crippen LogP contribution in [-0.4, -0.2) is 31.4 Å². The SMILES string of the molecule is CCn1ccc(C(=O)Nc2cnn(C)c2C(=O)NCc2ccco2)n1. The number of hydrogen-bond acceptors (Lipinski definition) is 5. The van der Waals surface area contributed by atoms with E-state index in [1.54, 1.807) is 36.1 Å². The molecule has 0 aliphatic carbocycles. The number of aryl methyl sites for hydroxylation is 2. The highest BCUT2D eigenvalue weighted by Gasteiger charge is 2.20. The van der Waals surface area contributed by atoms with Crippen LogP contribution in [0.2, 0.25) is 0 Å². The lowest BCUT2D eigenvalue weighted by molar-refractivity contribution is 0.0939. The molecule has 0 aliphatic heterocycles. The van der Waals surface area contributed by atoms with Gasteiger partial charge in [0.05, 0.1) is 24.7 Å². The van der Waals surface area contributed by atoms with Gasteiger partial charge in [0, 0.05) is 19.8 Å². The molecular formula is C16H18N6O3. The summed E-state index contributed by atoms with van der Waals surface area (Å²) in [6.45, 7) is 2.84. The first-order valence-corrected chi connectivity index (χ1v) is 7.76. The fourth-order valence-electron chi connectivity index (χ4n) is 2.31. The molecule has 25 heavy (non-hydrogen) atoms. The third-order valence-electron chi connectivity index (χ3n) is 3.60. The molecule has 0 fully saturated rings. The Morgan fingerprint density at radius 3 is 2.80 bits per heavy atom.